The minimum Gasteiger partial charge on any atom is -0.489 e. The second kappa shape index (κ2) is 13.0. The Kier molecular flexibility index (Phi) is 8.78. The highest BCUT2D eigenvalue weighted by atomic mass is 32.2. The molecule has 0 bridgehead atoms. The highest BCUT2D eigenvalue weighted by Crippen LogP contribution is 2.28. The van der Waals surface area contributed by atoms with Crippen molar-refractivity contribution in [3.05, 3.63) is 132 Å². The summed E-state index contributed by atoms with van der Waals surface area (Å²) in [4.78, 5) is 12.5. The van der Waals surface area contributed by atoms with Crippen LogP contribution in [-0.4, -0.2) is 24.8 Å². The molecule has 5 aromatic rings. The Morgan fingerprint density at radius 2 is 1.35 bits per heavy atom. The van der Waals surface area contributed by atoms with E-state index in [9.17, 15) is 13.2 Å². The van der Waals surface area contributed by atoms with Gasteiger partial charge in [0.1, 0.15) is 30.6 Å². The van der Waals surface area contributed by atoms with Gasteiger partial charge in [0, 0.05) is 23.6 Å². The Hall–Kier alpha value is -4.56. The molecule has 0 saturated heterocycles. The normalized spacial score (nSPS) is 11.0. The summed E-state index contributed by atoms with van der Waals surface area (Å²) < 4.78 is 36.0. The summed E-state index contributed by atoms with van der Waals surface area (Å²) in [6, 6.07) is 33.7. The van der Waals surface area contributed by atoms with Gasteiger partial charge in [0.15, 0.2) is 10.7 Å². The largest absolute Gasteiger partial charge is 0.489 e. The molecule has 0 spiro atoms. The van der Waals surface area contributed by atoms with Gasteiger partial charge in [-0.15, -0.1) is 0 Å². The van der Waals surface area contributed by atoms with Gasteiger partial charge in [-0.2, -0.15) is 0 Å². The lowest BCUT2D eigenvalue weighted by molar-refractivity contribution is -0.120. The number of amides is 1. The predicted molar refractivity (Wildman–Crippen MR) is 156 cm³/mol. The van der Waals surface area contributed by atoms with Crippen LogP contribution in [0.4, 0.5) is 0 Å². The van der Waals surface area contributed by atoms with E-state index in [1.54, 1.807) is 0 Å². The summed E-state index contributed by atoms with van der Waals surface area (Å²) in [5.74, 6) is 0.731. The monoisotopic (exact) mass is 554 g/mol. The number of nitrogens with one attached hydrogen (secondary N) is 1. The molecule has 204 valence electrons. The summed E-state index contributed by atoms with van der Waals surface area (Å²) in [5, 5.41) is 3.34. The van der Waals surface area contributed by atoms with Crippen molar-refractivity contribution >= 4 is 27.5 Å². The highest BCUT2D eigenvalue weighted by molar-refractivity contribution is 7.72. The molecule has 1 N–H and O–H groups in total. The summed E-state index contributed by atoms with van der Waals surface area (Å²) in [6.45, 7) is 1.48. The number of thiol groups is 1. The first-order chi connectivity index (χ1) is 19.5. The number of aromatic nitrogens is 1. The van der Waals surface area contributed by atoms with Crippen molar-refractivity contribution in [2.24, 2.45) is 0 Å². The first-order valence-corrected chi connectivity index (χ1v) is 14.3. The van der Waals surface area contributed by atoms with Crippen LogP contribution >= 0.6 is 0 Å². The number of fused-ring (bicyclic) bond motifs is 1. The van der Waals surface area contributed by atoms with Crippen LogP contribution in [0.5, 0.6) is 11.5 Å². The number of ether oxygens (including phenoxy) is 2. The van der Waals surface area contributed by atoms with E-state index >= 15 is 0 Å². The lowest BCUT2D eigenvalue weighted by atomic mass is 10.1. The molecule has 8 heteroatoms. The maximum atomic E-state index is 12.5. The fourth-order valence-corrected chi connectivity index (χ4v) is 4.82. The van der Waals surface area contributed by atoms with E-state index in [0.29, 0.717) is 25.5 Å². The SMILES string of the molecule is O=C(Cc1cn(Cc2cccc(OCc3ccccc3)c2)c2ccc(OCc3ccccc3)cc12)NC[SH](=O)=O. The molecule has 1 aromatic heterocycles. The number of nitrogens with zero attached hydrogens (tertiary/aromatic N) is 1. The molecule has 5 rings (SSSR count). The fourth-order valence-electron chi connectivity index (χ4n) is 4.51. The van der Waals surface area contributed by atoms with Crippen molar-refractivity contribution in [2.45, 2.75) is 26.2 Å². The number of carbonyl (C=O) groups is 1. The van der Waals surface area contributed by atoms with Crippen LogP contribution in [0.2, 0.25) is 0 Å². The number of hydrogen-bond acceptors (Lipinski definition) is 5. The summed E-state index contributed by atoms with van der Waals surface area (Å²) in [7, 11) is -2.69. The van der Waals surface area contributed by atoms with Gasteiger partial charge >= 0.3 is 0 Å². The molecule has 0 aliphatic heterocycles. The molecular formula is C32H30N2O5S. The summed E-state index contributed by atoms with van der Waals surface area (Å²) in [5.41, 5.74) is 4.93. The zero-order chi connectivity index (χ0) is 27.7. The smallest absolute Gasteiger partial charge is 0.225 e. The van der Waals surface area contributed by atoms with Crippen molar-refractivity contribution in [1.29, 1.82) is 0 Å². The Labute approximate surface area is 234 Å². The highest BCUT2D eigenvalue weighted by Gasteiger charge is 2.14. The molecule has 0 radical (unpaired) electrons. The van der Waals surface area contributed by atoms with E-state index in [1.165, 1.54) is 0 Å². The van der Waals surface area contributed by atoms with Crippen LogP contribution < -0.4 is 14.8 Å². The Bertz CT molecular complexity index is 1660. The molecular weight excluding hydrogens is 524 g/mol. The topological polar surface area (TPSA) is 86.6 Å². The summed E-state index contributed by atoms with van der Waals surface area (Å²) in [6.07, 6.45) is 2.00. The van der Waals surface area contributed by atoms with Crippen LogP contribution in [0.25, 0.3) is 10.9 Å². The Morgan fingerprint density at radius 1 is 0.725 bits per heavy atom. The number of hydrogen-bond donors (Lipinski definition) is 2. The number of benzene rings is 4. The zero-order valence-electron chi connectivity index (χ0n) is 21.9. The van der Waals surface area contributed by atoms with Gasteiger partial charge in [-0.25, -0.2) is 8.42 Å². The molecule has 0 aliphatic carbocycles. The van der Waals surface area contributed by atoms with Gasteiger partial charge < -0.3 is 19.4 Å². The maximum absolute atomic E-state index is 12.5. The van der Waals surface area contributed by atoms with Crippen molar-refractivity contribution in [1.82, 2.24) is 9.88 Å². The van der Waals surface area contributed by atoms with Crippen LogP contribution in [0.15, 0.2) is 109 Å². The maximum Gasteiger partial charge on any atom is 0.225 e. The van der Waals surface area contributed by atoms with Crippen LogP contribution in [0.3, 0.4) is 0 Å². The molecule has 0 fully saturated rings. The molecule has 4 aromatic carbocycles. The molecule has 0 unspecified atom stereocenters. The molecule has 0 aliphatic rings. The van der Waals surface area contributed by atoms with Crippen LogP contribution in [0.1, 0.15) is 22.3 Å². The van der Waals surface area contributed by atoms with Gasteiger partial charge in [0.25, 0.3) is 0 Å². The Balaban J connectivity index is 1.38. The van der Waals surface area contributed by atoms with Crippen molar-refractivity contribution in [3.63, 3.8) is 0 Å². The minimum atomic E-state index is -2.69. The average molecular weight is 555 g/mol. The number of rotatable bonds is 12. The zero-order valence-corrected chi connectivity index (χ0v) is 22.8. The van der Waals surface area contributed by atoms with Gasteiger partial charge in [0.05, 0.1) is 6.42 Å². The van der Waals surface area contributed by atoms with Gasteiger partial charge in [-0.05, 0) is 52.6 Å². The first-order valence-electron chi connectivity index (χ1n) is 13.0. The fraction of sp³-hybridized carbons (Fsp3) is 0.156. The van der Waals surface area contributed by atoms with Crippen molar-refractivity contribution in [3.8, 4) is 11.5 Å². The second-order valence-electron chi connectivity index (χ2n) is 9.42. The van der Waals surface area contributed by atoms with Crippen molar-refractivity contribution in [2.75, 3.05) is 5.88 Å². The first kappa shape index (κ1) is 27.0. The van der Waals surface area contributed by atoms with E-state index < -0.39 is 10.7 Å². The molecule has 7 nitrogen and oxygen atoms in total. The van der Waals surface area contributed by atoms with Gasteiger partial charge in [-0.1, -0.05) is 72.8 Å². The third-order valence-electron chi connectivity index (χ3n) is 6.44. The van der Waals surface area contributed by atoms with Crippen LogP contribution in [-0.2, 0) is 41.7 Å². The molecule has 1 amide bonds. The van der Waals surface area contributed by atoms with E-state index in [-0.39, 0.29) is 18.2 Å². The summed E-state index contributed by atoms with van der Waals surface area (Å²) >= 11 is 0. The lowest BCUT2D eigenvalue weighted by Gasteiger charge is -2.10. The predicted octanol–water partition coefficient (Wildman–Crippen LogP) is 5.08. The number of carbonyl (C=O) groups excluding carboxylic acids is 1. The molecule has 0 atom stereocenters. The second-order valence-corrected chi connectivity index (χ2v) is 10.4. The molecule has 40 heavy (non-hydrogen) atoms. The third kappa shape index (κ3) is 7.30. The van der Waals surface area contributed by atoms with Crippen LogP contribution in [0, 0.1) is 0 Å². The average Bonchev–Trinajstić information content (AvgIpc) is 3.31. The van der Waals surface area contributed by atoms with E-state index in [0.717, 1.165) is 38.9 Å². The van der Waals surface area contributed by atoms with E-state index in [1.807, 2.05) is 109 Å². The van der Waals surface area contributed by atoms with E-state index in [4.69, 9.17) is 9.47 Å². The van der Waals surface area contributed by atoms with Gasteiger partial charge in [0.2, 0.25) is 5.91 Å². The standard InChI is InChI=1S/C32H30N2O5S/c35-32(33-23-40(36)37)17-27-20-34(19-26-12-7-13-28(16-26)38-21-24-8-3-1-4-9-24)31-15-14-29(18-30(27)31)39-22-25-10-5-2-6-11-25/h1-16,18,20,40H,17,19,21-23H2,(H,33,35). The quantitative estimate of drug-likeness (QED) is 0.210. The Morgan fingerprint density at radius 3 is 2.00 bits per heavy atom. The third-order valence-corrected chi connectivity index (χ3v) is 6.86. The minimum absolute atomic E-state index is 0.0506. The molecule has 1 heterocycles. The van der Waals surface area contributed by atoms with Crippen molar-refractivity contribution < 1.29 is 22.7 Å². The van der Waals surface area contributed by atoms with E-state index in [2.05, 4.69) is 9.88 Å². The van der Waals surface area contributed by atoms with Gasteiger partial charge in [-0.3, -0.25) is 4.79 Å². The lowest BCUT2D eigenvalue weighted by Crippen LogP contribution is -2.26. The molecule has 0 saturated carbocycles.